The van der Waals surface area contributed by atoms with Crippen molar-refractivity contribution in [3.05, 3.63) is 22.7 Å². The Morgan fingerprint density at radius 2 is 2.12 bits per heavy atom. The molecule has 0 aliphatic carbocycles. The summed E-state index contributed by atoms with van der Waals surface area (Å²) in [4.78, 5) is 0. The second-order valence-electron chi connectivity index (χ2n) is 4.08. The molecule has 0 amide bonds. The van der Waals surface area contributed by atoms with E-state index in [-0.39, 0.29) is 6.61 Å². The van der Waals surface area contributed by atoms with E-state index >= 15 is 0 Å². The third kappa shape index (κ3) is 3.29. The Morgan fingerprint density at radius 1 is 1.44 bits per heavy atom. The Labute approximate surface area is 101 Å². The van der Waals surface area contributed by atoms with Gasteiger partial charge in [0.1, 0.15) is 5.75 Å². The molecule has 16 heavy (non-hydrogen) atoms. The fourth-order valence-corrected chi connectivity index (χ4v) is 1.61. The first kappa shape index (κ1) is 13.1. The average Bonchev–Trinajstić information content (AvgIpc) is 2.26. The van der Waals surface area contributed by atoms with Crippen molar-refractivity contribution < 1.29 is 9.84 Å². The lowest BCUT2D eigenvalue weighted by Crippen LogP contribution is -2.08. The van der Waals surface area contributed by atoms with Gasteiger partial charge in [-0.15, -0.1) is 0 Å². The van der Waals surface area contributed by atoms with Crippen LogP contribution >= 0.6 is 11.6 Å². The summed E-state index contributed by atoms with van der Waals surface area (Å²) in [7, 11) is 1.58. The van der Waals surface area contributed by atoms with E-state index in [0.717, 1.165) is 12.2 Å². The van der Waals surface area contributed by atoms with Crippen LogP contribution in [0.5, 0.6) is 5.75 Å². The van der Waals surface area contributed by atoms with Crippen molar-refractivity contribution >= 4 is 17.3 Å². The Hall–Kier alpha value is -0.930. The van der Waals surface area contributed by atoms with Gasteiger partial charge in [0.15, 0.2) is 0 Å². The molecule has 1 aromatic carbocycles. The summed E-state index contributed by atoms with van der Waals surface area (Å²) in [6.45, 7) is 5.02. The van der Waals surface area contributed by atoms with E-state index < -0.39 is 0 Å². The highest BCUT2D eigenvalue weighted by Gasteiger charge is 2.08. The Balaban J connectivity index is 2.92. The molecule has 3 nitrogen and oxygen atoms in total. The van der Waals surface area contributed by atoms with E-state index in [2.05, 4.69) is 19.2 Å². The minimum absolute atomic E-state index is 0.0760. The van der Waals surface area contributed by atoms with E-state index in [1.165, 1.54) is 0 Å². The molecule has 0 atom stereocenters. The molecule has 0 radical (unpaired) electrons. The lowest BCUT2D eigenvalue weighted by Gasteiger charge is -2.14. The fourth-order valence-electron chi connectivity index (χ4n) is 1.36. The molecule has 1 rings (SSSR count). The number of anilines is 1. The summed E-state index contributed by atoms with van der Waals surface area (Å²) in [5.41, 5.74) is 1.53. The second-order valence-corrected chi connectivity index (χ2v) is 4.48. The quantitative estimate of drug-likeness (QED) is 0.836. The van der Waals surface area contributed by atoms with Crippen molar-refractivity contribution in [2.45, 2.75) is 20.5 Å². The van der Waals surface area contributed by atoms with Gasteiger partial charge in [0, 0.05) is 18.2 Å². The number of hydrogen-bond acceptors (Lipinski definition) is 3. The molecule has 0 unspecified atom stereocenters. The first-order valence-corrected chi connectivity index (χ1v) is 5.67. The smallest absolute Gasteiger partial charge is 0.126 e. The van der Waals surface area contributed by atoms with Crippen LogP contribution in [-0.2, 0) is 6.61 Å². The maximum absolute atomic E-state index is 9.12. The minimum Gasteiger partial charge on any atom is -0.496 e. The van der Waals surface area contributed by atoms with Crippen LogP contribution in [0.3, 0.4) is 0 Å². The highest BCUT2D eigenvalue weighted by molar-refractivity contribution is 6.33. The lowest BCUT2D eigenvalue weighted by atomic mass is 10.1. The molecule has 4 heteroatoms. The van der Waals surface area contributed by atoms with Crippen molar-refractivity contribution in [3.63, 3.8) is 0 Å². The predicted molar refractivity (Wildman–Crippen MR) is 67.3 cm³/mol. The van der Waals surface area contributed by atoms with Crippen LogP contribution in [0.25, 0.3) is 0 Å². The molecule has 0 spiro atoms. The normalized spacial score (nSPS) is 10.6. The van der Waals surface area contributed by atoms with Gasteiger partial charge in [-0.3, -0.25) is 0 Å². The number of hydrogen-bond donors (Lipinski definition) is 2. The zero-order chi connectivity index (χ0) is 12.1. The Morgan fingerprint density at radius 3 is 2.62 bits per heavy atom. The van der Waals surface area contributed by atoms with Gasteiger partial charge in [0.2, 0.25) is 0 Å². The summed E-state index contributed by atoms with van der Waals surface area (Å²) in [6.07, 6.45) is 0. The molecular formula is C12H18ClNO2. The molecule has 2 N–H and O–H groups in total. The Kier molecular flexibility index (Phi) is 4.90. The van der Waals surface area contributed by atoms with E-state index in [0.29, 0.717) is 22.3 Å². The van der Waals surface area contributed by atoms with Gasteiger partial charge in [0.05, 0.1) is 24.4 Å². The highest BCUT2D eigenvalue weighted by atomic mass is 35.5. The molecule has 1 aromatic rings. The molecule has 90 valence electrons. The van der Waals surface area contributed by atoms with Crippen molar-refractivity contribution in [2.75, 3.05) is 19.0 Å². The third-order valence-corrected chi connectivity index (χ3v) is 2.55. The molecule has 0 aliphatic rings. The minimum atomic E-state index is -0.0760. The van der Waals surface area contributed by atoms with Crippen LogP contribution in [0.15, 0.2) is 12.1 Å². The summed E-state index contributed by atoms with van der Waals surface area (Å²) < 4.78 is 5.18. The second kappa shape index (κ2) is 5.97. The van der Waals surface area contributed by atoms with E-state index in [4.69, 9.17) is 21.4 Å². The van der Waals surface area contributed by atoms with Crippen molar-refractivity contribution in [3.8, 4) is 5.75 Å². The molecule has 0 saturated carbocycles. The molecule has 0 fully saturated rings. The van der Waals surface area contributed by atoms with Crippen LogP contribution in [0.1, 0.15) is 19.4 Å². The monoisotopic (exact) mass is 243 g/mol. The number of methoxy groups -OCH3 is 1. The van der Waals surface area contributed by atoms with Gasteiger partial charge in [-0.05, 0) is 12.0 Å². The van der Waals surface area contributed by atoms with Crippen molar-refractivity contribution in [1.29, 1.82) is 0 Å². The zero-order valence-electron chi connectivity index (χ0n) is 9.88. The molecule has 0 heterocycles. The molecule has 0 aromatic heterocycles. The van der Waals surface area contributed by atoms with Gasteiger partial charge in [0.25, 0.3) is 0 Å². The van der Waals surface area contributed by atoms with Crippen LogP contribution < -0.4 is 10.1 Å². The third-order valence-electron chi connectivity index (χ3n) is 2.24. The molecule has 0 aliphatic heterocycles. The van der Waals surface area contributed by atoms with Crippen LogP contribution in [0.2, 0.25) is 5.02 Å². The molecule has 0 saturated heterocycles. The van der Waals surface area contributed by atoms with Gasteiger partial charge in [-0.25, -0.2) is 0 Å². The predicted octanol–water partition coefficient (Wildman–Crippen LogP) is 2.91. The maximum Gasteiger partial charge on any atom is 0.126 e. The first-order valence-electron chi connectivity index (χ1n) is 5.29. The fraction of sp³-hybridized carbons (Fsp3) is 0.500. The maximum atomic E-state index is 9.12. The van der Waals surface area contributed by atoms with E-state index in [1.54, 1.807) is 13.2 Å². The topological polar surface area (TPSA) is 41.5 Å². The first-order chi connectivity index (χ1) is 7.58. The van der Waals surface area contributed by atoms with Crippen LogP contribution in [-0.4, -0.2) is 18.8 Å². The molecular weight excluding hydrogens is 226 g/mol. The number of nitrogens with one attached hydrogen (secondary N) is 1. The van der Waals surface area contributed by atoms with Gasteiger partial charge < -0.3 is 15.2 Å². The van der Waals surface area contributed by atoms with Crippen LogP contribution in [0.4, 0.5) is 5.69 Å². The SMILES string of the molecule is COc1cc(NCC(C)C)c(Cl)cc1CO. The average molecular weight is 244 g/mol. The lowest BCUT2D eigenvalue weighted by molar-refractivity contribution is 0.274. The number of benzene rings is 1. The summed E-state index contributed by atoms with van der Waals surface area (Å²) >= 11 is 6.09. The van der Waals surface area contributed by atoms with Gasteiger partial charge in [-0.2, -0.15) is 0 Å². The summed E-state index contributed by atoms with van der Waals surface area (Å²) in [5, 5.41) is 13.0. The number of aliphatic hydroxyl groups excluding tert-OH is 1. The van der Waals surface area contributed by atoms with E-state index in [9.17, 15) is 0 Å². The van der Waals surface area contributed by atoms with Gasteiger partial charge in [-0.1, -0.05) is 25.4 Å². The van der Waals surface area contributed by atoms with Crippen LogP contribution in [0, 0.1) is 5.92 Å². The summed E-state index contributed by atoms with van der Waals surface area (Å²) in [5.74, 6) is 1.19. The van der Waals surface area contributed by atoms with Crippen molar-refractivity contribution in [2.24, 2.45) is 5.92 Å². The van der Waals surface area contributed by atoms with E-state index in [1.807, 2.05) is 6.07 Å². The van der Waals surface area contributed by atoms with Gasteiger partial charge >= 0.3 is 0 Å². The molecule has 0 bridgehead atoms. The standard InChI is InChI=1S/C12H18ClNO2/c1-8(2)6-14-11-5-12(16-3)9(7-15)4-10(11)13/h4-5,8,14-15H,6-7H2,1-3H3. The number of halogens is 1. The largest absolute Gasteiger partial charge is 0.496 e. The number of rotatable bonds is 5. The zero-order valence-corrected chi connectivity index (χ0v) is 10.6. The number of ether oxygens (including phenoxy) is 1. The summed E-state index contributed by atoms with van der Waals surface area (Å²) in [6, 6.07) is 3.54. The highest BCUT2D eigenvalue weighted by Crippen LogP contribution is 2.31. The van der Waals surface area contributed by atoms with Crippen molar-refractivity contribution in [1.82, 2.24) is 0 Å². The number of aliphatic hydroxyl groups is 1. The Bertz CT molecular complexity index is 353.